The first-order chi connectivity index (χ1) is 13.8. The molecule has 0 saturated heterocycles. The van der Waals surface area contributed by atoms with Crippen LogP contribution in [0.4, 0.5) is 0 Å². The van der Waals surface area contributed by atoms with Gasteiger partial charge in [0.15, 0.2) is 0 Å². The molecule has 0 aliphatic heterocycles. The van der Waals surface area contributed by atoms with Gasteiger partial charge in [-0.1, -0.05) is 13.8 Å². The molecule has 30 heavy (non-hydrogen) atoms. The maximum absolute atomic E-state index is 12.5. The largest absolute Gasteiger partial charge is 0.481 e. The second-order valence-corrected chi connectivity index (χ2v) is 7.07. The molecule has 0 aliphatic rings. The van der Waals surface area contributed by atoms with Gasteiger partial charge in [-0.3, -0.25) is 24.0 Å². The number of nitrogens with one attached hydrogen (secondary N) is 3. The third kappa shape index (κ3) is 9.82. The van der Waals surface area contributed by atoms with E-state index in [1.807, 2.05) is 0 Å². The second kappa shape index (κ2) is 12.4. The van der Waals surface area contributed by atoms with E-state index in [4.69, 9.17) is 21.7 Å². The van der Waals surface area contributed by atoms with Crippen molar-refractivity contribution in [3.63, 3.8) is 0 Å². The third-order valence-electron chi connectivity index (χ3n) is 4.03. The van der Waals surface area contributed by atoms with E-state index in [-0.39, 0.29) is 12.8 Å². The predicted molar refractivity (Wildman–Crippen MR) is 103 cm³/mol. The molecule has 0 bridgehead atoms. The summed E-state index contributed by atoms with van der Waals surface area (Å²) < 4.78 is 0. The Labute approximate surface area is 172 Å². The summed E-state index contributed by atoms with van der Waals surface area (Å²) in [7, 11) is 0. The molecule has 0 spiro atoms. The van der Waals surface area contributed by atoms with E-state index in [0.717, 1.165) is 0 Å². The number of amides is 4. The van der Waals surface area contributed by atoms with E-state index >= 15 is 0 Å². The van der Waals surface area contributed by atoms with E-state index in [2.05, 4.69) is 16.0 Å². The molecule has 0 saturated carbocycles. The second-order valence-electron chi connectivity index (χ2n) is 7.07. The zero-order valence-electron chi connectivity index (χ0n) is 17.0. The number of aliphatic carboxylic acids is 2. The molecular formula is C17H29N5O8. The van der Waals surface area contributed by atoms with Crippen molar-refractivity contribution < 1.29 is 39.0 Å². The lowest BCUT2D eigenvalue weighted by Gasteiger charge is -2.24. The molecule has 0 aromatic carbocycles. The van der Waals surface area contributed by atoms with Crippen LogP contribution in [0, 0.1) is 5.92 Å². The Bertz CT molecular complexity index is 681. The standard InChI is InChI=1S/C17H29N5O8/c1-7(2)13(17(29)30)22-14(26)8(3)20-16(28)10(4-5-11(19)23)21-15(27)9(18)6-12(24)25/h7-10,13H,4-6,18H2,1-3H3,(H2,19,23)(H,20,28)(H,21,27)(H,22,26)(H,24,25)(H,29,30). The number of carboxylic acids is 2. The van der Waals surface area contributed by atoms with Crippen molar-refractivity contribution in [1.29, 1.82) is 0 Å². The van der Waals surface area contributed by atoms with Gasteiger partial charge in [0.05, 0.1) is 12.5 Å². The Morgan fingerprint density at radius 2 is 1.43 bits per heavy atom. The molecule has 0 radical (unpaired) electrons. The van der Waals surface area contributed by atoms with Gasteiger partial charge in [-0.15, -0.1) is 0 Å². The van der Waals surface area contributed by atoms with Gasteiger partial charge in [0.1, 0.15) is 18.1 Å². The number of rotatable bonds is 13. The maximum Gasteiger partial charge on any atom is 0.326 e. The molecule has 0 aliphatic carbocycles. The lowest BCUT2D eigenvalue weighted by Crippen LogP contribution is -2.57. The maximum atomic E-state index is 12.5. The van der Waals surface area contributed by atoms with Crippen LogP contribution in [-0.4, -0.2) is 69.9 Å². The Morgan fingerprint density at radius 1 is 0.867 bits per heavy atom. The number of carbonyl (C=O) groups is 6. The molecule has 0 heterocycles. The molecule has 13 nitrogen and oxygen atoms in total. The van der Waals surface area contributed by atoms with Crippen molar-refractivity contribution in [1.82, 2.24) is 16.0 Å². The quantitative estimate of drug-likeness (QED) is 0.160. The molecule has 0 fully saturated rings. The third-order valence-corrected chi connectivity index (χ3v) is 4.03. The molecule has 4 amide bonds. The van der Waals surface area contributed by atoms with Crippen LogP contribution in [-0.2, 0) is 28.8 Å². The van der Waals surface area contributed by atoms with Gasteiger partial charge >= 0.3 is 11.9 Å². The minimum Gasteiger partial charge on any atom is -0.481 e. The molecule has 4 atom stereocenters. The number of nitrogens with two attached hydrogens (primary N) is 2. The highest BCUT2D eigenvalue weighted by Gasteiger charge is 2.29. The molecule has 0 aromatic heterocycles. The summed E-state index contributed by atoms with van der Waals surface area (Å²) in [6.07, 6.45) is -1.17. The first-order valence-corrected chi connectivity index (χ1v) is 9.15. The average Bonchev–Trinajstić information content (AvgIpc) is 2.60. The van der Waals surface area contributed by atoms with Gasteiger partial charge < -0.3 is 37.6 Å². The summed E-state index contributed by atoms with van der Waals surface area (Å²) in [5.41, 5.74) is 10.5. The van der Waals surface area contributed by atoms with Crippen molar-refractivity contribution in [2.24, 2.45) is 17.4 Å². The van der Waals surface area contributed by atoms with E-state index in [1.165, 1.54) is 6.92 Å². The summed E-state index contributed by atoms with van der Waals surface area (Å²) >= 11 is 0. The number of hydrogen-bond acceptors (Lipinski definition) is 7. The molecule has 13 heteroatoms. The predicted octanol–water partition coefficient (Wildman–Crippen LogP) is -2.73. The van der Waals surface area contributed by atoms with Gasteiger partial charge in [0.25, 0.3) is 0 Å². The normalized spacial score (nSPS) is 14.7. The summed E-state index contributed by atoms with van der Waals surface area (Å²) in [5, 5.41) is 24.6. The van der Waals surface area contributed by atoms with E-state index in [1.54, 1.807) is 13.8 Å². The smallest absolute Gasteiger partial charge is 0.326 e. The Balaban J connectivity index is 5.15. The Morgan fingerprint density at radius 3 is 1.87 bits per heavy atom. The van der Waals surface area contributed by atoms with Crippen LogP contribution in [0.3, 0.4) is 0 Å². The molecule has 4 unspecified atom stereocenters. The van der Waals surface area contributed by atoms with Gasteiger partial charge in [-0.25, -0.2) is 4.79 Å². The number of carboxylic acid groups (broad SMARTS) is 2. The van der Waals surface area contributed by atoms with Crippen LogP contribution in [0.2, 0.25) is 0 Å². The molecule has 9 N–H and O–H groups in total. The summed E-state index contributed by atoms with van der Waals surface area (Å²) in [4.78, 5) is 69.6. The zero-order valence-corrected chi connectivity index (χ0v) is 17.0. The zero-order chi connectivity index (χ0) is 23.6. The van der Waals surface area contributed by atoms with Crippen molar-refractivity contribution in [3.8, 4) is 0 Å². The van der Waals surface area contributed by atoms with E-state index < -0.39 is 72.1 Å². The fourth-order valence-electron chi connectivity index (χ4n) is 2.29. The summed E-state index contributed by atoms with van der Waals surface area (Å²) in [6.45, 7) is 4.49. The van der Waals surface area contributed by atoms with E-state index in [9.17, 15) is 28.8 Å². The monoisotopic (exact) mass is 431 g/mol. The van der Waals surface area contributed by atoms with Crippen LogP contribution in [0.15, 0.2) is 0 Å². The topological polar surface area (TPSA) is 231 Å². The first-order valence-electron chi connectivity index (χ1n) is 9.15. The van der Waals surface area contributed by atoms with Crippen molar-refractivity contribution in [2.45, 2.75) is 64.2 Å². The van der Waals surface area contributed by atoms with Crippen LogP contribution >= 0.6 is 0 Å². The molecular weight excluding hydrogens is 402 g/mol. The fraction of sp³-hybridized carbons (Fsp3) is 0.647. The molecule has 0 rings (SSSR count). The van der Waals surface area contributed by atoms with Gasteiger partial charge in [-0.05, 0) is 19.3 Å². The minimum absolute atomic E-state index is 0.217. The fourth-order valence-corrected chi connectivity index (χ4v) is 2.29. The van der Waals surface area contributed by atoms with Gasteiger partial charge in [0.2, 0.25) is 23.6 Å². The Kier molecular flexibility index (Phi) is 11.0. The number of carbonyl (C=O) groups excluding carboxylic acids is 4. The lowest BCUT2D eigenvalue weighted by atomic mass is 10.0. The molecule has 0 aromatic rings. The van der Waals surface area contributed by atoms with Gasteiger partial charge in [-0.2, -0.15) is 0 Å². The van der Waals surface area contributed by atoms with Crippen molar-refractivity contribution >= 4 is 35.6 Å². The van der Waals surface area contributed by atoms with Crippen LogP contribution < -0.4 is 27.4 Å². The highest BCUT2D eigenvalue weighted by Crippen LogP contribution is 2.04. The average molecular weight is 431 g/mol. The van der Waals surface area contributed by atoms with Crippen LogP contribution in [0.5, 0.6) is 0 Å². The minimum atomic E-state index is -1.44. The van der Waals surface area contributed by atoms with E-state index in [0.29, 0.717) is 0 Å². The summed E-state index contributed by atoms with van der Waals surface area (Å²) in [5.74, 6) is -6.28. The Hall–Kier alpha value is -3.22. The van der Waals surface area contributed by atoms with Crippen molar-refractivity contribution in [3.05, 3.63) is 0 Å². The van der Waals surface area contributed by atoms with Crippen LogP contribution in [0.1, 0.15) is 40.0 Å². The SMILES string of the molecule is CC(NC(=O)C(CCC(N)=O)NC(=O)C(N)CC(=O)O)C(=O)NC(C(=O)O)C(C)C. The highest BCUT2D eigenvalue weighted by atomic mass is 16.4. The molecule has 170 valence electrons. The van der Waals surface area contributed by atoms with Crippen molar-refractivity contribution in [2.75, 3.05) is 0 Å². The first kappa shape index (κ1) is 26.8. The lowest BCUT2D eigenvalue weighted by molar-refractivity contribution is -0.143. The summed E-state index contributed by atoms with van der Waals surface area (Å²) in [6, 6.07) is -5.09. The number of hydrogen-bond donors (Lipinski definition) is 7. The van der Waals surface area contributed by atoms with Crippen LogP contribution in [0.25, 0.3) is 0 Å². The highest BCUT2D eigenvalue weighted by molar-refractivity contribution is 5.94. The number of primary amides is 1. The van der Waals surface area contributed by atoms with Gasteiger partial charge in [0, 0.05) is 6.42 Å².